The number of esters is 1. The molecule has 0 fully saturated rings. The van der Waals surface area contributed by atoms with Gasteiger partial charge in [-0.2, -0.15) is 0 Å². The van der Waals surface area contributed by atoms with Gasteiger partial charge in [0.15, 0.2) is 4.21 Å². The number of sulfonamides is 1. The molecule has 0 radical (unpaired) electrons. The first-order chi connectivity index (χ1) is 9.44. The number of halogens is 1. The molecule has 1 aromatic carbocycles. The standard InChI is InChI=1S/C12H10BrNO4S2/c1-18-11(15)8-2-4-9(5-3-8)14-20(16,17)12-10(13)6-7-19-12/h2-7,14H,1H3. The van der Waals surface area contributed by atoms with Crippen molar-refractivity contribution in [3.8, 4) is 0 Å². The van der Waals surface area contributed by atoms with E-state index in [0.29, 0.717) is 15.7 Å². The molecule has 106 valence electrons. The molecule has 20 heavy (non-hydrogen) atoms. The molecule has 5 nitrogen and oxygen atoms in total. The van der Waals surface area contributed by atoms with E-state index in [4.69, 9.17) is 0 Å². The number of carbonyl (C=O) groups is 1. The van der Waals surface area contributed by atoms with Crippen LogP contribution in [0.4, 0.5) is 5.69 Å². The Kier molecular flexibility index (Phi) is 4.46. The Morgan fingerprint density at radius 2 is 1.90 bits per heavy atom. The summed E-state index contributed by atoms with van der Waals surface area (Å²) in [6.45, 7) is 0. The number of anilines is 1. The number of thiophene rings is 1. The van der Waals surface area contributed by atoms with Crippen LogP contribution in [0.5, 0.6) is 0 Å². The summed E-state index contributed by atoms with van der Waals surface area (Å²) in [5.41, 5.74) is 0.728. The van der Waals surface area contributed by atoms with Gasteiger partial charge >= 0.3 is 5.97 Å². The molecule has 0 saturated heterocycles. The van der Waals surface area contributed by atoms with Crippen molar-refractivity contribution in [2.45, 2.75) is 4.21 Å². The molecule has 0 atom stereocenters. The number of hydrogen-bond donors (Lipinski definition) is 1. The third kappa shape index (κ3) is 3.20. The fourth-order valence-electron chi connectivity index (χ4n) is 1.47. The fraction of sp³-hybridized carbons (Fsp3) is 0.0833. The van der Waals surface area contributed by atoms with Crippen LogP contribution >= 0.6 is 27.3 Å². The zero-order chi connectivity index (χ0) is 14.8. The van der Waals surface area contributed by atoms with Crippen LogP contribution in [0.3, 0.4) is 0 Å². The van der Waals surface area contributed by atoms with E-state index in [9.17, 15) is 13.2 Å². The van der Waals surface area contributed by atoms with E-state index in [-0.39, 0.29) is 4.21 Å². The van der Waals surface area contributed by atoms with Gasteiger partial charge in [0.2, 0.25) is 0 Å². The normalized spacial score (nSPS) is 11.1. The first-order valence-corrected chi connectivity index (χ1v) is 8.54. The first-order valence-electron chi connectivity index (χ1n) is 5.38. The van der Waals surface area contributed by atoms with Crippen LogP contribution in [0.25, 0.3) is 0 Å². The van der Waals surface area contributed by atoms with Crippen LogP contribution in [0.15, 0.2) is 44.4 Å². The molecular formula is C12H10BrNO4S2. The summed E-state index contributed by atoms with van der Waals surface area (Å²) >= 11 is 4.30. The van der Waals surface area contributed by atoms with Crippen LogP contribution in [-0.4, -0.2) is 21.5 Å². The molecule has 0 aliphatic carbocycles. The maximum Gasteiger partial charge on any atom is 0.337 e. The molecule has 0 spiro atoms. The Morgan fingerprint density at radius 3 is 2.40 bits per heavy atom. The highest BCUT2D eigenvalue weighted by Gasteiger charge is 2.19. The van der Waals surface area contributed by atoms with E-state index < -0.39 is 16.0 Å². The van der Waals surface area contributed by atoms with Gasteiger partial charge in [-0.15, -0.1) is 11.3 Å². The lowest BCUT2D eigenvalue weighted by Gasteiger charge is -2.07. The molecule has 2 rings (SSSR count). The molecule has 0 bridgehead atoms. The molecule has 1 N–H and O–H groups in total. The lowest BCUT2D eigenvalue weighted by Crippen LogP contribution is -2.12. The van der Waals surface area contributed by atoms with Gasteiger partial charge in [-0.3, -0.25) is 4.72 Å². The van der Waals surface area contributed by atoms with E-state index in [0.717, 1.165) is 11.3 Å². The Balaban J connectivity index is 2.22. The fourth-order valence-corrected chi connectivity index (χ4v) is 4.86. The van der Waals surface area contributed by atoms with E-state index in [1.807, 2.05) is 0 Å². The van der Waals surface area contributed by atoms with Crippen LogP contribution in [0.1, 0.15) is 10.4 Å². The molecule has 1 heterocycles. The average Bonchev–Trinajstić information content (AvgIpc) is 2.85. The van der Waals surface area contributed by atoms with Gasteiger partial charge in [0, 0.05) is 10.2 Å². The van der Waals surface area contributed by atoms with E-state index in [1.54, 1.807) is 11.4 Å². The van der Waals surface area contributed by atoms with Gasteiger partial charge in [-0.05, 0) is 51.6 Å². The molecule has 0 unspecified atom stereocenters. The lowest BCUT2D eigenvalue weighted by atomic mass is 10.2. The Bertz CT molecular complexity index is 722. The van der Waals surface area contributed by atoms with E-state index >= 15 is 0 Å². The van der Waals surface area contributed by atoms with Gasteiger partial charge in [-0.1, -0.05) is 0 Å². The van der Waals surface area contributed by atoms with Crippen molar-refractivity contribution in [1.82, 2.24) is 0 Å². The second kappa shape index (κ2) is 5.94. The molecule has 2 aromatic rings. The summed E-state index contributed by atoms with van der Waals surface area (Å²) < 4.78 is 32.0. The lowest BCUT2D eigenvalue weighted by molar-refractivity contribution is 0.0601. The second-order valence-corrected chi connectivity index (χ2v) is 7.38. The number of rotatable bonds is 4. The number of ether oxygens (including phenoxy) is 1. The third-order valence-electron chi connectivity index (χ3n) is 2.39. The summed E-state index contributed by atoms with van der Waals surface area (Å²) in [6, 6.07) is 7.66. The number of nitrogens with one attached hydrogen (secondary N) is 1. The second-order valence-electron chi connectivity index (χ2n) is 3.73. The molecule has 1 aromatic heterocycles. The zero-order valence-electron chi connectivity index (χ0n) is 10.3. The van der Waals surface area contributed by atoms with Gasteiger partial charge in [0.25, 0.3) is 10.0 Å². The third-order valence-corrected chi connectivity index (χ3v) is 6.44. The van der Waals surface area contributed by atoms with Crippen LogP contribution in [-0.2, 0) is 14.8 Å². The van der Waals surface area contributed by atoms with Crippen molar-refractivity contribution in [2.75, 3.05) is 11.8 Å². The SMILES string of the molecule is COC(=O)c1ccc(NS(=O)(=O)c2sccc2Br)cc1. The largest absolute Gasteiger partial charge is 0.465 e. The zero-order valence-corrected chi connectivity index (χ0v) is 13.5. The summed E-state index contributed by atoms with van der Waals surface area (Å²) in [7, 11) is -2.35. The van der Waals surface area contributed by atoms with Crippen LogP contribution in [0.2, 0.25) is 0 Å². The highest BCUT2D eigenvalue weighted by atomic mass is 79.9. The van der Waals surface area contributed by atoms with Crippen molar-refractivity contribution in [3.05, 3.63) is 45.7 Å². The number of hydrogen-bond acceptors (Lipinski definition) is 5. The molecule has 8 heteroatoms. The Hall–Kier alpha value is -1.38. The van der Waals surface area contributed by atoms with Gasteiger partial charge < -0.3 is 4.74 Å². The predicted octanol–water partition coefficient (Wildman–Crippen LogP) is 3.10. The quantitative estimate of drug-likeness (QED) is 0.833. The van der Waals surface area contributed by atoms with E-state index in [1.165, 1.54) is 31.4 Å². The van der Waals surface area contributed by atoms with Crippen molar-refractivity contribution in [1.29, 1.82) is 0 Å². The summed E-state index contributed by atoms with van der Waals surface area (Å²) in [5.74, 6) is -0.472. The molecular weight excluding hydrogens is 366 g/mol. The van der Waals surface area contributed by atoms with E-state index in [2.05, 4.69) is 25.4 Å². The number of benzene rings is 1. The summed E-state index contributed by atoms with van der Waals surface area (Å²) in [4.78, 5) is 11.3. The van der Waals surface area contributed by atoms with Crippen LogP contribution in [0, 0.1) is 0 Å². The van der Waals surface area contributed by atoms with Gasteiger partial charge in [0.05, 0.1) is 12.7 Å². The smallest absolute Gasteiger partial charge is 0.337 e. The van der Waals surface area contributed by atoms with Crippen molar-refractivity contribution >= 4 is 48.9 Å². The Morgan fingerprint density at radius 1 is 1.25 bits per heavy atom. The minimum absolute atomic E-state index is 0.203. The van der Waals surface area contributed by atoms with Crippen LogP contribution < -0.4 is 4.72 Å². The maximum atomic E-state index is 12.1. The summed E-state index contributed by atoms with van der Waals surface area (Å²) in [6.07, 6.45) is 0. The molecule has 0 amide bonds. The highest BCUT2D eigenvalue weighted by molar-refractivity contribution is 9.10. The minimum atomic E-state index is -3.63. The Labute approximate surface area is 128 Å². The first kappa shape index (κ1) is 15.0. The topological polar surface area (TPSA) is 72.5 Å². The molecule has 0 aliphatic heterocycles. The van der Waals surface area contributed by atoms with Crippen molar-refractivity contribution < 1.29 is 17.9 Å². The monoisotopic (exact) mass is 375 g/mol. The number of carbonyl (C=O) groups excluding carboxylic acids is 1. The number of methoxy groups -OCH3 is 1. The summed E-state index contributed by atoms with van der Waals surface area (Å²) in [5, 5.41) is 1.68. The molecule has 0 aliphatic rings. The minimum Gasteiger partial charge on any atom is -0.465 e. The van der Waals surface area contributed by atoms with Gasteiger partial charge in [0.1, 0.15) is 0 Å². The van der Waals surface area contributed by atoms with Gasteiger partial charge in [-0.25, -0.2) is 13.2 Å². The molecule has 0 saturated carbocycles. The predicted molar refractivity (Wildman–Crippen MR) is 80.6 cm³/mol. The van der Waals surface area contributed by atoms with Crippen molar-refractivity contribution in [2.24, 2.45) is 0 Å². The highest BCUT2D eigenvalue weighted by Crippen LogP contribution is 2.29. The maximum absolute atomic E-state index is 12.1. The van der Waals surface area contributed by atoms with Crippen molar-refractivity contribution in [3.63, 3.8) is 0 Å². The average molecular weight is 376 g/mol.